The van der Waals surface area contributed by atoms with E-state index >= 15 is 0 Å². The van der Waals surface area contributed by atoms with E-state index in [1.807, 2.05) is 6.92 Å². The largest absolute Gasteiger partial charge is 0.397 e. The molecule has 0 saturated carbocycles. The van der Waals surface area contributed by atoms with Gasteiger partial charge in [-0.2, -0.15) is 8.42 Å². The monoisotopic (exact) mass is 439 g/mol. The molecule has 0 aromatic carbocycles. The zero-order chi connectivity index (χ0) is 22.4. The number of aliphatic hydroxyl groups excluding tert-OH is 1. The van der Waals surface area contributed by atoms with Crippen molar-refractivity contribution in [2.24, 2.45) is 11.7 Å². The summed E-state index contributed by atoms with van der Waals surface area (Å²) in [6.45, 7) is 6.74. The molecule has 6 nitrogen and oxygen atoms in total. The van der Waals surface area contributed by atoms with Crippen molar-refractivity contribution in [3.8, 4) is 0 Å². The number of rotatable bonds is 19. The molecule has 4 N–H and O–H groups in total. The third-order valence-electron chi connectivity index (χ3n) is 4.92. The summed E-state index contributed by atoms with van der Waals surface area (Å²) in [5.41, 5.74) is 5.22. The van der Waals surface area contributed by atoms with Crippen LogP contribution in [0.4, 0.5) is 0 Å². The number of hydrogen-bond donors (Lipinski definition) is 3. The Labute approximate surface area is 180 Å². The van der Waals surface area contributed by atoms with Crippen molar-refractivity contribution in [3.05, 3.63) is 0 Å². The minimum absolute atomic E-state index is 0.00926. The molecule has 178 valence electrons. The van der Waals surface area contributed by atoms with Crippen LogP contribution in [-0.4, -0.2) is 37.3 Å². The van der Waals surface area contributed by atoms with E-state index in [1.165, 1.54) is 70.6 Å². The molecular weight excluding hydrogens is 390 g/mol. The van der Waals surface area contributed by atoms with Gasteiger partial charge in [0.2, 0.25) is 0 Å². The Morgan fingerprint density at radius 1 is 0.793 bits per heavy atom. The van der Waals surface area contributed by atoms with Crippen LogP contribution in [-0.2, 0) is 14.6 Å². The van der Waals surface area contributed by atoms with Crippen LogP contribution in [0.5, 0.6) is 0 Å². The van der Waals surface area contributed by atoms with Gasteiger partial charge in [0, 0.05) is 6.04 Å². The fourth-order valence-electron chi connectivity index (χ4n) is 2.89. The molecule has 0 aromatic heterocycles. The minimum Gasteiger partial charge on any atom is -0.395 e. The fourth-order valence-corrected chi connectivity index (χ4v) is 3.22. The summed E-state index contributed by atoms with van der Waals surface area (Å²) in [7, 11) is -4.25. The number of aliphatic hydroxyl groups is 1. The SMILES string of the molecule is CC(C)CCCCCCCCCCCCCCCOS(=O)(=O)O.CCC(N)CO. The van der Waals surface area contributed by atoms with E-state index in [-0.39, 0.29) is 19.3 Å². The summed E-state index contributed by atoms with van der Waals surface area (Å²) in [6.07, 6.45) is 18.5. The molecule has 0 amide bonds. The van der Waals surface area contributed by atoms with Crippen LogP contribution in [0, 0.1) is 5.92 Å². The molecule has 0 heterocycles. The molecule has 29 heavy (non-hydrogen) atoms. The fraction of sp³-hybridized carbons (Fsp3) is 1.00. The predicted molar refractivity (Wildman–Crippen MR) is 122 cm³/mol. The van der Waals surface area contributed by atoms with Crippen LogP contribution < -0.4 is 5.73 Å². The second-order valence-electron chi connectivity index (χ2n) is 8.38. The highest BCUT2D eigenvalue weighted by Gasteiger charge is 2.02. The van der Waals surface area contributed by atoms with Crippen molar-refractivity contribution in [1.82, 2.24) is 0 Å². The minimum atomic E-state index is -4.25. The zero-order valence-corrected chi connectivity index (χ0v) is 20.1. The maximum Gasteiger partial charge on any atom is 0.397 e. The van der Waals surface area contributed by atoms with E-state index in [9.17, 15) is 8.42 Å². The standard InChI is InChI=1S/C18H38O4S.C4H11NO/c1-18(2)16-14-12-10-8-6-4-3-5-7-9-11-13-15-17-22-23(19,20)21;1-2-4(5)3-6/h18H,3-17H2,1-2H3,(H,19,20,21);4,6H,2-3,5H2,1H3. The Balaban J connectivity index is 0. The highest BCUT2D eigenvalue weighted by Crippen LogP contribution is 2.14. The van der Waals surface area contributed by atoms with E-state index in [1.54, 1.807) is 0 Å². The van der Waals surface area contributed by atoms with Gasteiger partial charge in [0.05, 0.1) is 13.2 Å². The summed E-state index contributed by atoms with van der Waals surface area (Å²) >= 11 is 0. The first-order chi connectivity index (χ1) is 13.7. The van der Waals surface area contributed by atoms with Crippen LogP contribution in [0.3, 0.4) is 0 Å². The summed E-state index contributed by atoms with van der Waals surface area (Å²) in [4.78, 5) is 0. The summed E-state index contributed by atoms with van der Waals surface area (Å²) in [5, 5.41) is 8.21. The van der Waals surface area contributed by atoms with Gasteiger partial charge in [-0.1, -0.05) is 104 Å². The summed E-state index contributed by atoms with van der Waals surface area (Å²) in [5.74, 6) is 0.852. The molecule has 0 radical (unpaired) electrons. The van der Waals surface area contributed by atoms with Crippen LogP contribution in [0.25, 0.3) is 0 Å². The van der Waals surface area contributed by atoms with Crippen LogP contribution >= 0.6 is 0 Å². The van der Waals surface area contributed by atoms with Crippen molar-refractivity contribution in [3.63, 3.8) is 0 Å². The smallest absolute Gasteiger partial charge is 0.395 e. The average molecular weight is 440 g/mol. The third kappa shape index (κ3) is 32.7. The molecule has 0 spiro atoms. The van der Waals surface area contributed by atoms with E-state index in [0.29, 0.717) is 6.42 Å². The molecular formula is C22H49NO5S. The molecule has 7 heteroatoms. The lowest BCUT2D eigenvalue weighted by molar-refractivity contribution is 0.261. The zero-order valence-electron chi connectivity index (χ0n) is 19.3. The van der Waals surface area contributed by atoms with Crippen LogP contribution in [0.1, 0.15) is 117 Å². The van der Waals surface area contributed by atoms with Gasteiger partial charge in [-0.3, -0.25) is 4.55 Å². The first-order valence-corrected chi connectivity index (χ1v) is 13.1. The molecule has 0 fully saturated rings. The second-order valence-corrected chi connectivity index (χ2v) is 9.47. The lowest BCUT2D eigenvalue weighted by Crippen LogP contribution is -2.22. The second kappa shape index (κ2) is 22.5. The Morgan fingerprint density at radius 2 is 1.17 bits per heavy atom. The van der Waals surface area contributed by atoms with Crippen LogP contribution in [0.15, 0.2) is 0 Å². The van der Waals surface area contributed by atoms with Gasteiger partial charge < -0.3 is 10.8 Å². The number of hydrogen-bond acceptors (Lipinski definition) is 5. The molecule has 0 aliphatic carbocycles. The van der Waals surface area contributed by atoms with Gasteiger partial charge in [-0.05, 0) is 18.8 Å². The maximum absolute atomic E-state index is 10.3. The van der Waals surface area contributed by atoms with Crippen LogP contribution in [0.2, 0.25) is 0 Å². The molecule has 0 saturated heterocycles. The van der Waals surface area contributed by atoms with Crippen molar-refractivity contribution >= 4 is 10.4 Å². The highest BCUT2D eigenvalue weighted by atomic mass is 32.3. The Bertz CT molecular complexity index is 411. The van der Waals surface area contributed by atoms with E-state index < -0.39 is 10.4 Å². The molecule has 0 aromatic rings. The molecule has 0 aliphatic rings. The molecule has 0 bridgehead atoms. The predicted octanol–water partition coefficient (Wildman–Crippen LogP) is 5.64. The molecule has 1 unspecified atom stereocenters. The Kier molecular flexibility index (Phi) is 24.0. The summed E-state index contributed by atoms with van der Waals surface area (Å²) in [6, 6.07) is -0.00926. The number of nitrogens with two attached hydrogens (primary N) is 1. The van der Waals surface area contributed by atoms with Gasteiger partial charge in [0.1, 0.15) is 0 Å². The van der Waals surface area contributed by atoms with Crippen molar-refractivity contribution in [2.75, 3.05) is 13.2 Å². The third-order valence-corrected chi connectivity index (χ3v) is 5.38. The first kappa shape index (κ1) is 31.0. The van der Waals surface area contributed by atoms with E-state index in [2.05, 4.69) is 18.0 Å². The molecule has 0 rings (SSSR count). The van der Waals surface area contributed by atoms with Gasteiger partial charge in [0.15, 0.2) is 0 Å². The summed E-state index contributed by atoms with van der Waals surface area (Å²) < 4.78 is 33.3. The van der Waals surface area contributed by atoms with Gasteiger partial charge in [0.25, 0.3) is 0 Å². The maximum atomic E-state index is 10.3. The quantitative estimate of drug-likeness (QED) is 0.177. The molecule has 1 atom stereocenters. The lowest BCUT2D eigenvalue weighted by atomic mass is 10.0. The van der Waals surface area contributed by atoms with Crippen molar-refractivity contribution < 1.29 is 22.3 Å². The number of unbranched alkanes of at least 4 members (excludes halogenated alkanes) is 12. The van der Waals surface area contributed by atoms with E-state index in [4.69, 9.17) is 15.4 Å². The first-order valence-electron chi connectivity index (χ1n) is 11.7. The van der Waals surface area contributed by atoms with E-state index in [0.717, 1.165) is 25.2 Å². The molecule has 0 aliphatic heterocycles. The Morgan fingerprint density at radius 3 is 1.45 bits per heavy atom. The van der Waals surface area contributed by atoms with Gasteiger partial charge >= 0.3 is 10.4 Å². The highest BCUT2D eigenvalue weighted by molar-refractivity contribution is 7.80. The van der Waals surface area contributed by atoms with Crippen molar-refractivity contribution in [1.29, 1.82) is 0 Å². The normalized spacial score (nSPS) is 12.7. The van der Waals surface area contributed by atoms with Crippen molar-refractivity contribution in [2.45, 2.75) is 123 Å². The Hall–Kier alpha value is -0.210. The topological polar surface area (TPSA) is 110 Å². The average Bonchev–Trinajstić information content (AvgIpc) is 2.66. The lowest BCUT2D eigenvalue weighted by Gasteiger charge is -2.05. The van der Waals surface area contributed by atoms with Gasteiger partial charge in [-0.25, -0.2) is 4.18 Å². The van der Waals surface area contributed by atoms with Gasteiger partial charge in [-0.15, -0.1) is 0 Å².